The van der Waals surface area contributed by atoms with Crippen LogP contribution in [0.25, 0.3) is 0 Å². The third-order valence-corrected chi connectivity index (χ3v) is 2.49. The van der Waals surface area contributed by atoms with E-state index in [9.17, 15) is 4.79 Å². The van der Waals surface area contributed by atoms with Gasteiger partial charge >= 0.3 is 0 Å². The molecule has 1 aromatic carbocycles. The van der Waals surface area contributed by atoms with Crippen LogP contribution in [0, 0.1) is 6.92 Å². The second kappa shape index (κ2) is 7.71. The molecule has 0 saturated carbocycles. The van der Waals surface area contributed by atoms with Crippen LogP contribution < -0.4 is 10.1 Å². The van der Waals surface area contributed by atoms with Gasteiger partial charge in [-0.05, 0) is 31.9 Å². The van der Waals surface area contributed by atoms with Crippen LogP contribution >= 0.6 is 0 Å². The molecule has 2 N–H and O–H groups in total. The van der Waals surface area contributed by atoms with Crippen molar-refractivity contribution in [1.82, 2.24) is 5.32 Å². The maximum Gasteiger partial charge on any atom is 0.220 e. The minimum atomic E-state index is -0.503. The van der Waals surface area contributed by atoms with Crippen molar-refractivity contribution in [2.45, 2.75) is 32.8 Å². The van der Waals surface area contributed by atoms with Gasteiger partial charge in [0.15, 0.2) is 0 Å². The zero-order valence-electron chi connectivity index (χ0n) is 11.0. The Morgan fingerprint density at radius 3 is 2.83 bits per heavy atom. The van der Waals surface area contributed by atoms with Gasteiger partial charge in [-0.15, -0.1) is 0 Å². The molecule has 0 heterocycles. The Hall–Kier alpha value is -1.55. The number of hydrogen-bond donors (Lipinski definition) is 2. The van der Waals surface area contributed by atoms with Crippen LogP contribution in [0.5, 0.6) is 5.75 Å². The maximum absolute atomic E-state index is 11.3. The van der Waals surface area contributed by atoms with Gasteiger partial charge in [-0.25, -0.2) is 0 Å². The van der Waals surface area contributed by atoms with E-state index >= 15 is 0 Å². The van der Waals surface area contributed by atoms with Crippen LogP contribution in [0.1, 0.15) is 25.3 Å². The van der Waals surface area contributed by atoms with Gasteiger partial charge in [-0.1, -0.05) is 18.2 Å². The van der Waals surface area contributed by atoms with Crippen LogP contribution in [-0.2, 0) is 4.79 Å². The highest BCUT2D eigenvalue weighted by Gasteiger charge is 2.03. The molecule has 0 aliphatic carbocycles. The molecule has 0 fully saturated rings. The summed E-state index contributed by atoms with van der Waals surface area (Å²) in [4.78, 5) is 11.3. The third-order valence-electron chi connectivity index (χ3n) is 2.49. The van der Waals surface area contributed by atoms with E-state index in [2.05, 4.69) is 5.32 Å². The summed E-state index contributed by atoms with van der Waals surface area (Å²) in [5.41, 5.74) is 1.09. The predicted octanol–water partition coefficient (Wildman–Crippen LogP) is 1.65. The van der Waals surface area contributed by atoms with Crippen molar-refractivity contribution in [2.24, 2.45) is 0 Å². The SMILES string of the molecule is Cc1ccccc1OCCCC(=O)NC[C@H](C)O. The van der Waals surface area contributed by atoms with E-state index in [0.29, 0.717) is 26.0 Å². The minimum Gasteiger partial charge on any atom is -0.493 e. The van der Waals surface area contributed by atoms with Gasteiger partial charge in [0.1, 0.15) is 5.75 Å². The summed E-state index contributed by atoms with van der Waals surface area (Å²) < 4.78 is 5.58. The molecule has 0 radical (unpaired) electrons. The number of carbonyl (C=O) groups excluding carboxylic acids is 1. The molecular formula is C14H21NO3. The number of aryl methyl sites for hydroxylation is 1. The van der Waals surface area contributed by atoms with Crippen molar-refractivity contribution in [3.8, 4) is 5.75 Å². The van der Waals surface area contributed by atoms with Crippen molar-refractivity contribution in [2.75, 3.05) is 13.2 Å². The second-order valence-corrected chi connectivity index (χ2v) is 4.37. The largest absolute Gasteiger partial charge is 0.493 e. The predicted molar refractivity (Wildman–Crippen MR) is 70.6 cm³/mol. The van der Waals surface area contributed by atoms with Gasteiger partial charge in [0.05, 0.1) is 12.7 Å². The highest BCUT2D eigenvalue weighted by molar-refractivity contribution is 5.75. The van der Waals surface area contributed by atoms with Gasteiger partial charge in [0.2, 0.25) is 5.91 Å². The topological polar surface area (TPSA) is 58.6 Å². The number of aliphatic hydroxyl groups excluding tert-OH is 1. The number of benzene rings is 1. The normalized spacial score (nSPS) is 11.9. The number of aliphatic hydroxyl groups is 1. The highest BCUT2D eigenvalue weighted by atomic mass is 16.5. The van der Waals surface area contributed by atoms with E-state index in [0.717, 1.165) is 11.3 Å². The molecule has 0 aliphatic heterocycles. The van der Waals surface area contributed by atoms with Gasteiger partial charge in [-0.3, -0.25) is 4.79 Å². The summed E-state index contributed by atoms with van der Waals surface area (Å²) in [5, 5.41) is 11.7. The molecule has 100 valence electrons. The Kier molecular flexibility index (Phi) is 6.22. The van der Waals surface area contributed by atoms with Crippen LogP contribution in [-0.4, -0.2) is 30.3 Å². The van der Waals surface area contributed by atoms with Gasteiger partial charge in [0, 0.05) is 13.0 Å². The first-order valence-electron chi connectivity index (χ1n) is 6.23. The van der Waals surface area contributed by atoms with Gasteiger partial charge in [0.25, 0.3) is 0 Å². The summed E-state index contributed by atoms with van der Waals surface area (Å²) in [6, 6.07) is 7.80. The Bertz CT molecular complexity index is 377. The number of nitrogens with one attached hydrogen (secondary N) is 1. The molecule has 18 heavy (non-hydrogen) atoms. The molecule has 0 aromatic heterocycles. The molecule has 0 saturated heterocycles. The molecule has 1 aromatic rings. The summed E-state index contributed by atoms with van der Waals surface area (Å²) in [6.45, 7) is 4.46. The molecule has 0 unspecified atom stereocenters. The number of hydrogen-bond acceptors (Lipinski definition) is 3. The highest BCUT2D eigenvalue weighted by Crippen LogP contribution is 2.16. The van der Waals surface area contributed by atoms with Crippen LogP contribution in [0.15, 0.2) is 24.3 Å². The Morgan fingerprint density at radius 2 is 2.17 bits per heavy atom. The molecule has 0 aliphatic rings. The molecule has 1 rings (SSSR count). The van der Waals surface area contributed by atoms with Crippen LogP contribution in [0.2, 0.25) is 0 Å². The number of rotatable bonds is 7. The van der Waals surface area contributed by atoms with Crippen molar-refractivity contribution in [3.05, 3.63) is 29.8 Å². The molecule has 4 heteroatoms. The molecule has 1 atom stereocenters. The van der Waals surface area contributed by atoms with E-state index in [1.54, 1.807) is 6.92 Å². The smallest absolute Gasteiger partial charge is 0.220 e. The van der Waals surface area contributed by atoms with Crippen LogP contribution in [0.4, 0.5) is 0 Å². The first-order valence-corrected chi connectivity index (χ1v) is 6.23. The fourth-order valence-electron chi connectivity index (χ4n) is 1.48. The van der Waals surface area contributed by atoms with Crippen molar-refractivity contribution >= 4 is 5.91 Å². The minimum absolute atomic E-state index is 0.0516. The number of carbonyl (C=O) groups is 1. The number of ether oxygens (including phenoxy) is 1. The summed E-state index contributed by atoms with van der Waals surface area (Å²) in [5.74, 6) is 0.811. The maximum atomic E-state index is 11.3. The fourth-order valence-corrected chi connectivity index (χ4v) is 1.48. The summed E-state index contributed by atoms with van der Waals surface area (Å²) >= 11 is 0. The Balaban J connectivity index is 2.15. The van der Waals surface area contributed by atoms with Crippen molar-refractivity contribution in [1.29, 1.82) is 0 Å². The first kappa shape index (κ1) is 14.5. The lowest BCUT2D eigenvalue weighted by atomic mass is 10.2. The Labute approximate surface area is 108 Å². The zero-order valence-corrected chi connectivity index (χ0v) is 11.0. The first-order chi connectivity index (χ1) is 8.59. The summed E-state index contributed by atoms with van der Waals surface area (Å²) in [7, 11) is 0. The fraction of sp³-hybridized carbons (Fsp3) is 0.500. The number of amides is 1. The lowest BCUT2D eigenvalue weighted by molar-refractivity contribution is -0.121. The lowest BCUT2D eigenvalue weighted by Crippen LogP contribution is -2.30. The zero-order chi connectivity index (χ0) is 13.4. The molecule has 4 nitrogen and oxygen atoms in total. The van der Waals surface area contributed by atoms with Crippen LogP contribution in [0.3, 0.4) is 0 Å². The van der Waals surface area contributed by atoms with Crippen molar-refractivity contribution in [3.63, 3.8) is 0 Å². The third kappa shape index (κ3) is 5.68. The van der Waals surface area contributed by atoms with E-state index < -0.39 is 6.10 Å². The van der Waals surface area contributed by atoms with E-state index in [-0.39, 0.29) is 5.91 Å². The van der Waals surface area contributed by atoms with Gasteiger partial charge in [-0.2, -0.15) is 0 Å². The van der Waals surface area contributed by atoms with Gasteiger partial charge < -0.3 is 15.2 Å². The van der Waals surface area contributed by atoms with E-state index in [1.165, 1.54) is 0 Å². The van der Waals surface area contributed by atoms with Crippen molar-refractivity contribution < 1.29 is 14.6 Å². The molecule has 0 spiro atoms. The molecule has 1 amide bonds. The lowest BCUT2D eigenvalue weighted by Gasteiger charge is -2.09. The quantitative estimate of drug-likeness (QED) is 0.724. The second-order valence-electron chi connectivity index (χ2n) is 4.37. The van der Waals surface area contributed by atoms with E-state index in [1.807, 2.05) is 31.2 Å². The Morgan fingerprint density at radius 1 is 1.44 bits per heavy atom. The average Bonchev–Trinajstić information content (AvgIpc) is 2.34. The standard InChI is InChI=1S/C14H21NO3/c1-11-6-3-4-7-13(11)18-9-5-8-14(17)15-10-12(2)16/h3-4,6-7,12,16H,5,8-10H2,1-2H3,(H,15,17)/t12-/m0/s1. The summed E-state index contributed by atoms with van der Waals surface area (Å²) in [6.07, 6.45) is 0.579. The number of para-hydroxylation sites is 1. The van der Waals surface area contributed by atoms with E-state index in [4.69, 9.17) is 9.84 Å². The molecule has 0 bridgehead atoms. The molecular weight excluding hydrogens is 230 g/mol. The monoisotopic (exact) mass is 251 g/mol. The average molecular weight is 251 g/mol.